The van der Waals surface area contributed by atoms with Gasteiger partial charge in [0.15, 0.2) is 0 Å². The number of nitrogens with zero attached hydrogens (tertiary/aromatic N) is 2. The minimum Gasteiger partial charge on any atom is -0.317 e. The van der Waals surface area contributed by atoms with Crippen molar-refractivity contribution in [2.45, 2.75) is 31.7 Å². The first kappa shape index (κ1) is 15.2. The summed E-state index contributed by atoms with van der Waals surface area (Å²) in [5.41, 5.74) is 0. The molecule has 3 nitrogen and oxygen atoms in total. The van der Waals surface area contributed by atoms with Gasteiger partial charge < -0.3 is 15.1 Å². The van der Waals surface area contributed by atoms with Crippen molar-refractivity contribution in [1.82, 2.24) is 15.1 Å². The lowest BCUT2D eigenvalue weighted by Crippen LogP contribution is -2.44. The second-order valence-electron chi connectivity index (χ2n) is 5.69. The van der Waals surface area contributed by atoms with Gasteiger partial charge in [-0.2, -0.15) is 0 Å². The first-order valence-corrected chi connectivity index (χ1v) is 6.85. The Kier molecular flexibility index (Phi) is 6.78. The highest BCUT2D eigenvalue weighted by molar-refractivity contribution is 5.85. The largest absolute Gasteiger partial charge is 0.317 e. The fraction of sp³-hybridized carbons (Fsp3) is 1.00. The van der Waals surface area contributed by atoms with Gasteiger partial charge in [0.05, 0.1) is 0 Å². The number of piperidine rings is 2. The summed E-state index contributed by atoms with van der Waals surface area (Å²) in [7, 11) is 4.43. The van der Waals surface area contributed by atoms with Crippen LogP contribution in [0.5, 0.6) is 0 Å². The van der Waals surface area contributed by atoms with E-state index in [-0.39, 0.29) is 12.4 Å². The van der Waals surface area contributed by atoms with E-state index in [1.54, 1.807) is 0 Å². The highest BCUT2D eigenvalue weighted by Gasteiger charge is 2.23. The monoisotopic (exact) mass is 261 g/mol. The number of hydrogen-bond donors (Lipinski definition) is 1. The van der Waals surface area contributed by atoms with Crippen LogP contribution in [0.1, 0.15) is 25.7 Å². The third kappa shape index (κ3) is 4.74. The third-order valence-electron chi connectivity index (χ3n) is 4.26. The average molecular weight is 262 g/mol. The van der Waals surface area contributed by atoms with Gasteiger partial charge >= 0.3 is 0 Å². The van der Waals surface area contributed by atoms with Gasteiger partial charge in [0.2, 0.25) is 0 Å². The van der Waals surface area contributed by atoms with Gasteiger partial charge in [-0.25, -0.2) is 0 Å². The Morgan fingerprint density at radius 1 is 1.06 bits per heavy atom. The van der Waals surface area contributed by atoms with Crippen molar-refractivity contribution < 1.29 is 0 Å². The summed E-state index contributed by atoms with van der Waals surface area (Å²) in [5, 5.41) is 3.45. The quantitative estimate of drug-likeness (QED) is 0.829. The van der Waals surface area contributed by atoms with Crippen LogP contribution in [0, 0.1) is 5.92 Å². The summed E-state index contributed by atoms with van der Waals surface area (Å²) in [4.78, 5) is 5.08. The Morgan fingerprint density at radius 2 is 1.65 bits per heavy atom. The Hall–Kier alpha value is 0.170. The second kappa shape index (κ2) is 7.57. The average Bonchev–Trinajstić information content (AvgIpc) is 2.31. The van der Waals surface area contributed by atoms with Crippen LogP contribution in [0.3, 0.4) is 0 Å². The molecule has 17 heavy (non-hydrogen) atoms. The van der Waals surface area contributed by atoms with E-state index in [0.717, 1.165) is 12.0 Å². The van der Waals surface area contributed by atoms with Crippen molar-refractivity contribution in [1.29, 1.82) is 0 Å². The van der Waals surface area contributed by atoms with Crippen LogP contribution in [0.2, 0.25) is 0 Å². The molecule has 0 amide bonds. The van der Waals surface area contributed by atoms with E-state index >= 15 is 0 Å². The first-order chi connectivity index (χ1) is 7.75. The normalized spacial score (nSPS) is 24.9. The molecule has 2 aliphatic heterocycles. The zero-order chi connectivity index (χ0) is 11.4. The fourth-order valence-electron chi connectivity index (χ4n) is 3.05. The Morgan fingerprint density at radius 3 is 2.18 bits per heavy atom. The first-order valence-electron chi connectivity index (χ1n) is 6.85. The molecule has 0 saturated carbocycles. The zero-order valence-electron chi connectivity index (χ0n) is 11.3. The minimum absolute atomic E-state index is 0. The highest BCUT2D eigenvalue weighted by Crippen LogP contribution is 2.18. The molecule has 2 saturated heterocycles. The van der Waals surface area contributed by atoms with E-state index in [1.165, 1.54) is 58.4 Å². The minimum atomic E-state index is 0. The van der Waals surface area contributed by atoms with E-state index in [9.17, 15) is 0 Å². The van der Waals surface area contributed by atoms with Crippen molar-refractivity contribution in [3.63, 3.8) is 0 Å². The number of nitrogens with one attached hydrogen (secondary N) is 1. The van der Waals surface area contributed by atoms with Crippen molar-refractivity contribution in [3.05, 3.63) is 0 Å². The van der Waals surface area contributed by atoms with Crippen LogP contribution in [0.15, 0.2) is 0 Å². The number of halogens is 1. The SMILES string of the molecule is CN(C)C1CCN(CC2CCNCC2)CC1.Cl. The van der Waals surface area contributed by atoms with Gasteiger partial charge in [-0.3, -0.25) is 0 Å². The molecular weight excluding hydrogens is 234 g/mol. The van der Waals surface area contributed by atoms with Gasteiger partial charge in [0.1, 0.15) is 0 Å². The smallest absolute Gasteiger partial charge is 0.0113 e. The maximum Gasteiger partial charge on any atom is 0.0113 e. The standard InChI is InChI=1S/C13H27N3.ClH/c1-15(2)13-5-9-16(10-6-13)11-12-3-7-14-8-4-12;/h12-14H,3-11H2,1-2H3;1H. The van der Waals surface area contributed by atoms with Crippen LogP contribution < -0.4 is 5.32 Å². The lowest BCUT2D eigenvalue weighted by Gasteiger charge is -2.37. The molecule has 102 valence electrons. The van der Waals surface area contributed by atoms with Gasteiger partial charge in [-0.05, 0) is 71.9 Å². The topological polar surface area (TPSA) is 18.5 Å². The maximum absolute atomic E-state index is 3.45. The highest BCUT2D eigenvalue weighted by atomic mass is 35.5. The van der Waals surface area contributed by atoms with Crippen LogP contribution in [0.4, 0.5) is 0 Å². The molecule has 0 aromatic heterocycles. The van der Waals surface area contributed by atoms with Crippen molar-refractivity contribution >= 4 is 12.4 Å². The molecule has 0 bridgehead atoms. The summed E-state index contributed by atoms with van der Waals surface area (Å²) >= 11 is 0. The van der Waals surface area contributed by atoms with E-state index < -0.39 is 0 Å². The van der Waals surface area contributed by atoms with E-state index in [1.807, 2.05) is 0 Å². The number of likely N-dealkylation sites (tertiary alicyclic amines) is 1. The van der Waals surface area contributed by atoms with Crippen molar-refractivity contribution in [2.75, 3.05) is 46.8 Å². The fourth-order valence-corrected chi connectivity index (χ4v) is 3.05. The molecule has 1 N–H and O–H groups in total. The van der Waals surface area contributed by atoms with E-state index in [4.69, 9.17) is 0 Å². The Bertz CT molecular complexity index is 197. The van der Waals surface area contributed by atoms with E-state index in [2.05, 4.69) is 29.2 Å². The molecule has 0 atom stereocenters. The molecule has 0 aliphatic carbocycles. The lowest BCUT2D eigenvalue weighted by molar-refractivity contribution is 0.123. The molecule has 0 spiro atoms. The van der Waals surface area contributed by atoms with Gasteiger partial charge in [0, 0.05) is 12.6 Å². The summed E-state index contributed by atoms with van der Waals surface area (Å²) in [6.07, 6.45) is 5.48. The predicted molar refractivity (Wildman–Crippen MR) is 76.0 cm³/mol. The molecule has 0 unspecified atom stereocenters. The van der Waals surface area contributed by atoms with Crippen LogP contribution >= 0.6 is 12.4 Å². The van der Waals surface area contributed by atoms with Crippen molar-refractivity contribution in [3.8, 4) is 0 Å². The van der Waals surface area contributed by atoms with Crippen LogP contribution in [0.25, 0.3) is 0 Å². The predicted octanol–water partition coefficient (Wildman–Crippen LogP) is 1.43. The molecule has 0 aromatic rings. The summed E-state index contributed by atoms with van der Waals surface area (Å²) in [6.45, 7) is 6.44. The second-order valence-corrected chi connectivity index (χ2v) is 5.69. The van der Waals surface area contributed by atoms with Crippen molar-refractivity contribution in [2.24, 2.45) is 5.92 Å². The molecule has 4 heteroatoms. The Labute approximate surface area is 112 Å². The Balaban J connectivity index is 0.00000144. The third-order valence-corrected chi connectivity index (χ3v) is 4.26. The maximum atomic E-state index is 3.45. The number of hydrogen-bond acceptors (Lipinski definition) is 3. The molecule has 2 heterocycles. The van der Waals surface area contributed by atoms with Crippen LogP contribution in [-0.2, 0) is 0 Å². The van der Waals surface area contributed by atoms with Gasteiger partial charge in [0.25, 0.3) is 0 Å². The van der Waals surface area contributed by atoms with Gasteiger partial charge in [-0.15, -0.1) is 12.4 Å². The van der Waals surface area contributed by atoms with Gasteiger partial charge in [-0.1, -0.05) is 0 Å². The molecule has 0 radical (unpaired) electrons. The summed E-state index contributed by atoms with van der Waals surface area (Å²) in [6, 6.07) is 0.823. The van der Waals surface area contributed by atoms with Crippen LogP contribution in [-0.4, -0.2) is 62.7 Å². The number of rotatable bonds is 3. The molecule has 2 aliphatic rings. The van der Waals surface area contributed by atoms with E-state index in [0.29, 0.717) is 0 Å². The molecular formula is C13H28ClN3. The lowest BCUT2D eigenvalue weighted by atomic mass is 9.95. The summed E-state index contributed by atoms with van der Waals surface area (Å²) < 4.78 is 0. The molecule has 0 aromatic carbocycles. The molecule has 2 fully saturated rings. The summed E-state index contributed by atoms with van der Waals surface area (Å²) in [5.74, 6) is 0.956. The zero-order valence-corrected chi connectivity index (χ0v) is 12.1. The molecule has 2 rings (SSSR count).